The highest BCUT2D eigenvalue weighted by atomic mass is 32.2. The van der Waals surface area contributed by atoms with Gasteiger partial charge in [0.15, 0.2) is 0 Å². The van der Waals surface area contributed by atoms with Crippen LogP contribution in [0.3, 0.4) is 0 Å². The minimum atomic E-state index is -3.92. The number of nitrogens with one attached hydrogen (secondary N) is 1. The van der Waals surface area contributed by atoms with Gasteiger partial charge in [-0.3, -0.25) is 14.1 Å². The number of nitrogens with zero attached hydrogens (tertiary/aromatic N) is 2. The van der Waals surface area contributed by atoms with Crippen LogP contribution < -0.4 is 9.62 Å². The normalized spacial score (nSPS) is 11.1. The van der Waals surface area contributed by atoms with Crippen LogP contribution in [0.2, 0.25) is 0 Å². The zero-order valence-electron chi connectivity index (χ0n) is 16.4. The number of carbonyl (C=O) groups excluding carboxylic acids is 1. The Morgan fingerprint density at radius 1 is 1.03 bits per heavy atom. The molecule has 0 aliphatic carbocycles. The summed E-state index contributed by atoms with van der Waals surface area (Å²) in [6.45, 7) is 2.43. The van der Waals surface area contributed by atoms with Crippen LogP contribution >= 0.6 is 0 Å². The summed E-state index contributed by atoms with van der Waals surface area (Å²) < 4.78 is 27.4. The second-order valence-corrected chi connectivity index (χ2v) is 8.55. The van der Waals surface area contributed by atoms with E-state index in [2.05, 4.69) is 10.3 Å². The lowest BCUT2D eigenvalue weighted by Gasteiger charge is -2.20. The van der Waals surface area contributed by atoms with Gasteiger partial charge >= 0.3 is 0 Å². The number of benzene rings is 2. The lowest BCUT2D eigenvalue weighted by molar-refractivity contribution is 0.0951. The number of aromatic nitrogens is 1. The van der Waals surface area contributed by atoms with Crippen LogP contribution in [0, 0.1) is 6.92 Å². The molecule has 7 heteroatoms. The molecule has 0 saturated carbocycles. The van der Waals surface area contributed by atoms with Crippen LogP contribution in [0.1, 0.15) is 21.5 Å². The van der Waals surface area contributed by atoms with Gasteiger partial charge in [-0.1, -0.05) is 36.4 Å². The predicted molar refractivity (Wildman–Crippen MR) is 113 cm³/mol. The Hall–Kier alpha value is -3.19. The summed E-state index contributed by atoms with van der Waals surface area (Å²) in [7, 11) is -2.48. The van der Waals surface area contributed by atoms with E-state index in [1.165, 1.54) is 25.4 Å². The average Bonchev–Trinajstić information content (AvgIpc) is 2.75. The molecule has 3 rings (SSSR count). The maximum atomic E-state index is 13.1. The Morgan fingerprint density at radius 2 is 1.76 bits per heavy atom. The first-order valence-corrected chi connectivity index (χ1v) is 10.7. The lowest BCUT2D eigenvalue weighted by Crippen LogP contribution is -2.31. The molecule has 0 saturated heterocycles. The summed E-state index contributed by atoms with van der Waals surface area (Å²) in [6.07, 6.45) is 3.70. The summed E-state index contributed by atoms with van der Waals surface area (Å²) in [4.78, 5) is 16.7. The van der Waals surface area contributed by atoms with Crippen molar-refractivity contribution >= 4 is 21.6 Å². The monoisotopic (exact) mass is 409 g/mol. The Balaban J connectivity index is 1.79. The molecule has 0 spiro atoms. The van der Waals surface area contributed by atoms with E-state index in [0.29, 0.717) is 18.7 Å². The zero-order chi connectivity index (χ0) is 20.9. The second kappa shape index (κ2) is 8.87. The van der Waals surface area contributed by atoms with E-state index >= 15 is 0 Å². The van der Waals surface area contributed by atoms with Crippen LogP contribution in [0.5, 0.6) is 0 Å². The topological polar surface area (TPSA) is 79.4 Å². The number of amides is 1. The number of aryl methyl sites for hydroxylation is 1. The van der Waals surface area contributed by atoms with Gasteiger partial charge in [0.2, 0.25) is 0 Å². The van der Waals surface area contributed by atoms with Crippen LogP contribution in [0.4, 0.5) is 5.69 Å². The highest BCUT2D eigenvalue weighted by Crippen LogP contribution is 2.24. The summed E-state index contributed by atoms with van der Waals surface area (Å²) >= 11 is 0. The SMILES string of the molecule is Cc1ccccc1CCNC(=O)c1ccccc1S(=O)(=O)N(C)c1cccnc1. The molecular formula is C22H23N3O3S. The van der Waals surface area contributed by atoms with Gasteiger partial charge < -0.3 is 5.32 Å². The van der Waals surface area contributed by atoms with Crippen molar-refractivity contribution in [2.45, 2.75) is 18.2 Å². The molecule has 150 valence electrons. The molecule has 3 aromatic rings. The van der Waals surface area contributed by atoms with Gasteiger partial charge in [0.1, 0.15) is 4.90 Å². The van der Waals surface area contributed by atoms with E-state index < -0.39 is 15.9 Å². The van der Waals surface area contributed by atoms with Crippen molar-refractivity contribution in [3.05, 3.63) is 89.7 Å². The van der Waals surface area contributed by atoms with Crippen LogP contribution in [-0.2, 0) is 16.4 Å². The number of hydrogen-bond acceptors (Lipinski definition) is 4. The fourth-order valence-corrected chi connectivity index (χ4v) is 4.37. The number of rotatable bonds is 7. The molecule has 1 heterocycles. The van der Waals surface area contributed by atoms with E-state index in [0.717, 1.165) is 15.4 Å². The molecule has 6 nitrogen and oxygen atoms in total. The van der Waals surface area contributed by atoms with Gasteiger partial charge in [-0.15, -0.1) is 0 Å². The third-order valence-corrected chi connectivity index (χ3v) is 6.56. The van der Waals surface area contributed by atoms with Gasteiger partial charge in [-0.2, -0.15) is 0 Å². The first kappa shape index (κ1) is 20.5. The molecule has 0 fully saturated rings. The lowest BCUT2D eigenvalue weighted by atomic mass is 10.1. The van der Waals surface area contributed by atoms with E-state index in [1.807, 2.05) is 31.2 Å². The minimum Gasteiger partial charge on any atom is -0.352 e. The van der Waals surface area contributed by atoms with Crippen LogP contribution in [0.25, 0.3) is 0 Å². The molecule has 1 aromatic heterocycles. The van der Waals surface area contributed by atoms with Gasteiger partial charge in [-0.25, -0.2) is 8.42 Å². The number of carbonyl (C=O) groups is 1. The van der Waals surface area contributed by atoms with E-state index in [9.17, 15) is 13.2 Å². The summed E-state index contributed by atoms with van der Waals surface area (Å²) in [5.41, 5.74) is 2.84. The summed E-state index contributed by atoms with van der Waals surface area (Å²) in [6, 6.07) is 17.5. The molecule has 0 aliphatic rings. The van der Waals surface area contributed by atoms with E-state index in [-0.39, 0.29) is 10.5 Å². The molecule has 1 N–H and O–H groups in total. The summed E-state index contributed by atoms with van der Waals surface area (Å²) in [5, 5.41) is 2.83. The average molecular weight is 410 g/mol. The molecular weight excluding hydrogens is 386 g/mol. The predicted octanol–water partition coefficient (Wildman–Crippen LogP) is 3.19. The molecule has 0 atom stereocenters. The molecule has 1 amide bonds. The fourth-order valence-electron chi connectivity index (χ4n) is 3.00. The van der Waals surface area contributed by atoms with Crippen molar-refractivity contribution in [1.82, 2.24) is 10.3 Å². The van der Waals surface area contributed by atoms with Crippen LogP contribution in [-0.4, -0.2) is 32.9 Å². The smallest absolute Gasteiger partial charge is 0.264 e. The van der Waals surface area contributed by atoms with E-state index in [1.54, 1.807) is 30.5 Å². The first-order valence-electron chi connectivity index (χ1n) is 9.22. The maximum Gasteiger partial charge on any atom is 0.264 e. The number of hydrogen-bond donors (Lipinski definition) is 1. The molecule has 2 aromatic carbocycles. The highest BCUT2D eigenvalue weighted by molar-refractivity contribution is 7.92. The maximum absolute atomic E-state index is 13.1. The van der Waals surface area contributed by atoms with Crippen LogP contribution in [0.15, 0.2) is 78.0 Å². The van der Waals surface area contributed by atoms with Gasteiger partial charge in [0.25, 0.3) is 15.9 Å². The van der Waals surface area contributed by atoms with Gasteiger partial charge in [-0.05, 0) is 48.7 Å². The Kier molecular flexibility index (Phi) is 6.29. The molecule has 29 heavy (non-hydrogen) atoms. The van der Waals surface area contributed by atoms with Gasteiger partial charge in [0, 0.05) is 19.8 Å². The second-order valence-electron chi connectivity index (χ2n) is 6.61. The van der Waals surface area contributed by atoms with Gasteiger partial charge in [0.05, 0.1) is 17.4 Å². The van der Waals surface area contributed by atoms with Crippen molar-refractivity contribution in [1.29, 1.82) is 0 Å². The van der Waals surface area contributed by atoms with Crippen molar-refractivity contribution in [3.8, 4) is 0 Å². The first-order chi connectivity index (χ1) is 13.9. The number of sulfonamides is 1. The molecule has 0 unspecified atom stereocenters. The molecule has 0 bridgehead atoms. The zero-order valence-corrected chi connectivity index (χ0v) is 17.2. The van der Waals surface area contributed by atoms with Crippen molar-refractivity contribution in [3.63, 3.8) is 0 Å². The Labute approximate surface area is 171 Å². The standard InChI is InChI=1S/C22H23N3O3S/c1-17-8-3-4-9-18(17)13-15-24-22(26)20-11-5-6-12-21(20)29(27,28)25(2)19-10-7-14-23-16-19/h3-12,14,16H,13,15H2,1-2H3,(H,24,26). The number of anilines is 1. The summed E-state index contributed by atoms with van der Waals surface area (Å²) in [5.74, 6) is -0.419. The fraction of sp³-hybridized carbons (Fsp3) is 0.182. The highest BCUT2D eigenvalue weighted by Gasteiger charge is 2.26. The van der Waals surface area contributed by atoms with Crippen molar-refractivity contribution in [2.24, 2.45) is 0 Å². The quantitative estimate of drug-likeness (QED) is 0.650. The Bertz CT molecular complexity index is 1100. The largest absolute Gasteiger partial charge is 0.352 e. The third kappa shape index (κ3) is 4.63. The van der Waals surface area contributed by atoms with Crippen molar-refractivity contribution < 1.29 is 13.2 Å². The molecule has 0 radical (unpaired) electrons. The Morgan fingerprint density at radius 3 is 2.48 bits per heavy atom. The van der Waals surface area contributed by atoms with E-state index in [4.69, 9.17) is 0 Å². The molecule has 0 aliphatic heterocycles. The van der Waals surface area contributed by atoms with Crippen molar-refractivity contribution in [2.75, 3.05) is 17.9 Å². The third-order valence-electron chi connectivity index (χ3n) is 4.72. The number of pyridine rings is 1. The minimum absolute atomic E-state index is 0.0419.